The molecule has 0 saturated heterocycles. The molecule has 112 valence electrons. The van der Waals surface area contributed by atoms with Crippen LogP contribution < -0.4 is 5.14 Å². The van der Waals surface area contributed by atoms with Crippen molar-refractivity contribution >= 4 is 39.2 Å². The van der Waals surface area contributed by atoms with E-state index in [4.69, 9.17) is 37.8 Å². The van der Waals surface area contributed by atoms with E-state index in [1.165, 1.54) is 6.07 Å². The minimum atomic E-state index is -4.06. The zero-order chi connectivity index (χ0) is 15.3. The number of halogens is 2. The molecule has 0 atom stereocenters. The Balaban J connectivity index is 3.03. The number of primary sulfonamides is 1. The van der Waals surface area contributed by atoms with E-state index < -0.39 is 16.0 Å². The third-order valence-corrected chi connectivity index (χ3v) is 4.00. The number of rotatable bonds is 6. The molecule has 0 aromatic heterocycles. The molecule has 0 bridgehead atoms. The van der Waals surface area contributed by atoms with Crippen LogP contribution >= 0.6 is 23.2 Å². The maximum atomic E-state index is 11.8. The topological polar surface area (TPSA) is 95.7 Å². The average Bonchev–Trinajstić information content (AvgIpc) is 2.33. The summed E-state index contributed by atoms with van der Waals surface area (Å²) in [5, 5.41) is 4.60. The van der Waals surface area contributed by atoms with Crippen LogP contribution in [-0.4, -0.2) is 34.2 Å². The molecular formula is C11H13Cl2NO5S. The summed E-state index contributed by atoms with van der Waals surface area (Å²) >= 11 is 11.7. The Morgan fingerprint density at radius 3 is 2.50 bits per heavy atom. The first-order valence-corrected chi connectivity index (χ1v) is 7.85. The molecule has 0 unspecified atom stereocenters. The standard InChI is InChI=1S/C11H13Cl2NO5S/c1-2-18-5-6-19-11(15)9-7(12)3-4-8(10(9)13)20(14,16)17/h3-4H,2,5-6H2,1H3,(H2,14,16,17). The number of carbonyl (C=O) groups excluding carboxylic acids is 1. The highest BCUT2D eigenvalue weighted by Gasteiger charge is 2.23. The lowest BCUT2D eigenvalue weighted by atomic mass is 10.2. The van der Waals surface area contributed by atoms with Gasteiger partial charge in [-0.3, -0.25) is 0 Å². The molecule has 6 nitrogen and oxygen atoms in total. The Hall–Kier alpha value is -0.860. The van der Waals surface area contributed by atoms with Crippen molar-refractivity contribution < 1.29 is 22.7 Å². The Labute approximate surface area is 126 Å². The lowest BCUT2D eigenvalue weighted by molar-refractivity contribution is 0.0335. The van der Waals surface area contributed by atoms with Crippen molar-refractivity contribution in [3.05, 3.63) is 27.7 Å². The van der Waals surface area contributed by atoms with Crippen LogP contribution in [0.5, 0.6) is 0 Å². The van der Waals surface area contributed by atoms with Crippen molar-refractivity contribution in [2.75, 3.05) is 19.8 Å². The molecule has 1 aromatic carbocycles. The number of ether oxygens (including phenoxy) is 2. The molecule has 9 heteroatoms. The van der Waals surface area contributed by atoms with E-state index in [1.54, 1.807) is 6.92 Å². The van der Waals surface area contributed by atoms with Crippen molar-refractivity contribution in [2.45, 2.75) is 11.8 Å². The van der Waals surface area contributed by atoms with Gasteiger partial charge < -0.3 is 9.47 Å². The molecule has 0 radical (unpaired) electrons. The fourth-order valence-electron chi connectivity index (χ4n) is 1.35. The second kappa shape index (κ2) is 7.24. The molecule has 0 amide bonds. The van der Waals surface area contributed by atoms with Crippen LogP contribution in [0.3, 0.4) is 0 Å². The van der Waals surface area contributed by atoms with E-state index in [0.29, 0.717) is 6.61 Å². The molecule has 0 aliphatic rings. The molecule has 0 fully saturated rings. The van der Waals surface area contributed by atoms with Gasteiger partial charge in [0.1, 0.15) is 11.5 Å². The van der Waals surface area contributed by atoms with E-state index in [1.807, 2.05) is 0 Å². The van der Waals surface area contributed by atoms with Gasteiger partial charge in [0, 0.05) is 6.61 Å². The van der Waals surface area contributed by atoms with Crippen LogP contribution in [0.25, 0.3) is 0 Å². The van der Waals surface area contributed by atoms with E-state index in [9.17, 15) is 13.2 Å². The highest BCUT2D eigenvalue weighted by Crippen LogP contribution is 2.31. The Morgan fingerprint density at radius 1 is 1.30 bits per heavy atom. The van der Waals surface area contributed by atoms with Crippen molar-refractivity contribution in [3.63, 3.8) is 0 Å². The first kappa shape index (κ1) is 17.2. The van der Waals surface area contributed by atoms with Gasteiger partial charge in [-0.1, -0.05) is 23.2 Å². The van der Waals surface area contributed by atoms with E-state index in [-0.39, 0.29) is 33.7 Å². The van der Waals surface area contributed by atoms with Gasteiger partial charge in [0.2, 0.25) is 10.0 Å². The number of carbonyl (C=O) groups is 1. The Morgan fingerprint density at radius 2 is 1.95 bits per heavy atom. The molecule has 0 spiro atoms. The largest absolute Gasteiger partial charge is 0.460 e. The minimum Gasteiger partial charge on any atom is -0.460 e. The van der Waals surface area contributed by atoms with Crippen LogP contribution in [-0.2, 0) is 19.5 Å². The van der Waals surface area contributed by atoms with Crippen LogP contribution in [0.2, 0.25) is 10.0 Å². The average molecular weight is 342 g/mol. The van der Waals surface area contributed by atoms with Gasteiger partial charge in [-0.15, -0.1) is 0 Å². The predicted octanol–water partition coefficient (Wildman–Crippen LogP) is 1.83. The third kappa shape index (κ3) is 4.32. The highest BCUT2D eigenvalue weighted by molar-refractivity contribution is 7.89. The normalized spacial score (nSPS) is 11.4. The van der Waals surface area contributed by atoms with Gasteiger partial charge in [0.15, 0.2) is 0 Å². The SMILES string of the molecule is CCOCCOC(=O)c1c(Cl)ccc(S(N)(=O)=O)c1Cl. The second-order valence-corrected chi connectivity index (χ2v) is 5.93. The lowest BCUT2D eigenvalue weighted by Crippen LogP contribution is -2.16. The van der Waals surface area contributed by atoms with E-state index >= 15 is 0 Å². The van der Waals surface area contributed by atoms with Gasteiger partial charge >= 0.3 is 5.97 Å². The van der Waals surface area contributed by atoms with Crippen LogP contribution in [0.1, 0.15) is 17.3 Å². The zero-order valence-electron chi connectivity index (χ0n) is 10.6. The predicted molar refractivity (Wildman–Crippen MR) is 74.6 cm³/mol. The summed E-state index contributed by atoms with van der Waals surface area (Å²) in [5.41, 5.74) is -0.239. The van der Waals surface area contributed by atoms with Crippen LogP contribution in [0.15, 0.2) is 17.0 Å². The number of hydrogen-bond donors (Lipinski definition) is 1. The molecule has 0 aliphatic carbocycles. The summed E-state index contributed by atoms with van der Waals surface area (Å²) < 4.78 is 32.5. The molecular weight excluding hydrogens is 329 g/mol. The van der Waals surface area contributed by atoms with Crippen molar-refractivity contribution in [2.24, 2.45) is 5.14 Å². The number of benzene rings is 1. The smallest absolute Gasteiger partial charge is 0.341 e. The van der Waals surface area contributed by atoms with Gasteiger partial charge in [0.05, 0.1) is 22.2 Å². The lowest BCUT2D eigenvalue weighted by Gasteiger charge is -2.10. The van der Waals surface area contributed by atoms with Gasteiger partial charge in [-0.25, -0.2) is 18.4 Å². The molecule has 2 N–H and O–H groups in total. The third-order valence-electron chi connectivity index (χ3n) is 2.23. The van der Waals surface area contributed by atoms with Gasteiger partial charge in [0.25, 0.3) is 0 Å². The fourth-order valence-corrected chi connectivity index (χ4v) is 2.81. The van der Waals surface area contributed by atoms with Crippen molar-refractivity contribution in [1.82, 2.24) is 0 Å². The highest BCUT2D eigenvalue weighted by atomic mass is 35.5. The van der Waals surface area contributed by atoms with Gasteiger partial charge in [-0.2, -0.15) is 0 Å². The fraction of sp³-hybridized carbons (Fsp3) is 0.364. The van der Waals surface area contributed by atoms with Gasteiger partial charge in [-0.05, 0) is 19.1 Å². The molecule has 1 rings (SSSR count). The maximum absolute atomic E-state index is 11.8. The number of nitrogens with two attached hydrogens (primary N) is 1. The summed E-state index contributed by atoms with van der Waals surface area (Å²) in [6.45, 7) is 2.50. The molecule has 1 aromatic rings. The van der Waals surface area contributed by atoms with Crippen LogP contribution in [0.4, 0.5) is 0 Å². The van der Waals surface area contributed by atoms with E-state index in [0.717, 1.165) is 6.07 Å². The number of esters is 1. The van der Waals surface area contributed by atoms with E-state index in [2.05, 4.69) is 0 Å². The summed E-state index contributed by atoms with van der Waals surface area (Å²) in [7, 11) is -4.06. The molecule has 0 saturated carbocycles. The quantitative estimate of drug-likeness (QED) is 0.629. The second-order valence-electron chi connectivity index (χ2n) is 3.61. The van der Waals surface area contributed by atoms with Crippen molar-refractivity contribution in [1.29, 1.82) is 0 Å². The molecule has 0 heterocycles. The number of sulfonamides is 1. The molecule has 0 aliphatic heterocycles. The zero-order valence-corrected chi connectivity index (χ0v) is 12.9. The maximum Gasteiger partial charge on any atom is 0.341 e. The monoisotopic (exact) mass is 341 g/mol. The summed E-state index contributed by atoms with van der Waals surface area (Å²) in [4.78, 5) is 11.5. The first-order chi connectivity index (χ1) is 9.29. The minimum absolute atomic E-state index is 0.00106. The Bertz CT molecular complexity index is 603. The number of hydrogen-bond acceptors (Lipinski definition) is 5. The summed E-state index contributed by atoms with van der Waals surface area (Å²) in [6, 6.07) is 2.34. The summed E-state index contributed by atoms with van der Waals surface area (Å²) in [6.07, 6.45) is 0. The van der Waals surface area contributed by atoms with Crippen LogP contribution in [0, 0.1) is 0 Å². The molecule has 20 heavy (non-hydrogen) atoms. The van der Waals surface area contributed by atoms with Crippen molar-refractivity contribution in [3.8, 4) is 0 Å². The summed E-state index contributed by atoms with van der Waals surface area (Å²) in [5.74, 6) is -0.842. The Kier molecular flexibility index (Phi) is 6.22. The first-order valence-electron chi connectivity index (χ1n) is 5.54.